The highest BCUT2D eigenvalue weighted by molar-refractivity contribution is 5.57. The lowest BCUT2D eigenvalue weighted by Crippen LogP contribution is -2.33. The third kappa shape index (κ3) is 2.36. The largest absolute Gasteiger partial charge is 0.367 e. The van der Waals surface area contributed by atoms with Gasteiger partial charge in [-0.05, 0) is 25.0 Å². The van der Waals surface area contributed by atoms with E-state index >= 15 is 0 Å². The molecule has 0 saturated heterocycles. The van der Waals surface area contributed by atoms with Crippen LogP contribution in [0.3, 0.4) is 0 Å². The summed E-state index contributed by atoms with van der Waals surface area (Å²) >= 11 is 0. The molecule has 0 spiro atoms. The van der Waals surface area contributed by atoms with E-state index in [9.17, 15) is 0 Å². The number of rotatable bonds is 3. The molecule has 4 heteroatoms. The quantitative estimate of drug-likeness (QED) is 0.916. The Morgan fingerprint density at radius 2 is 2.21 bits per heavy atom. The molecular weight excluding hydrogens is 236 g/mol. The summed E-state index contributed by atoms with van der Waals surface area (Å²) in [5, 5.41) is 4.34. The minimum Gasteiger partial charge on any atom is -0.367 e. The summed E-state index contributed by atoms with van der Waals surface area (Å²) in [6.45, 7) is 4.94. The molecule has 0 fully saturated rings. The summed E-state index contributed by atoms with van der Waals surface area (Å²) in [5.74, 6) is 0. The van der Waals surface area contributed by atoms with Crippen molar-refractivity contribution in [1.82, 2.24) is 9.78 Å². The molecule has 1 aromatic carbocycles. The van der Waals surface area contributed by atoms with Crippen LogP contribution in [0, 0.1) is 0 Å². The summed E-state index contributed by atoms with van der Waals surface area (Å²) in [4.78, 5) is 2.40. The molecule has 2 aromatic rings. The Morgan fingerprint density at radius 1 is 1.37 bits per heavy atom. The molecule has 0 aliphatic carbocycles. The predicted molar refractivity (Wildman–Crippen MR) is 76.9 cm³/mol. The first-order chi connectivity index (χ1) is 9.28. The maximum atomic E-state index is 6.18. The first-order valence-electron chi connectivity index (χ1n) is 6.88. The van der Waals surface area contributed by atoms with E-state index in [2.05, 4.69) is 47.4 Å². The van der Waals surface area contributed by atoms with Crippen LogP contribution < -0.4 is 10.6 Å². The normalized spacial score (nSPS) is 18.4. The van der Waals surface area contributed by atoms with Crippen molar-refractivity contribution in [3.63, 3.8) is 0 Å². The fraction of sp³-hybridized carbons (Fsp3) is 0.400. The van der Waals surface area contributed by atoms with E-state index < -0.39 is 0 Å². The van der Waals surface area contributed by atoms with E-state index in [0.29, 0.717) is 0 Å². The minimum absolute atomic E-state index is 0.172. The Hall–Kier alpha value is -1.81. The van der Waals surface area contributed by atoms with Crippen molar-refractivity contribution in [2.24, 2.45) is 5.73 Å². The van der Waals surface area contributed by atoms with Crippen LogP contribution in [-0.2, 0) is 13.1 Å². The Balaban J connectivity index is 1.84. The first-order valence-corrected chi connectivity index (χ1v) is 6.88. The molecule has 1 unspecified atom stereocenters. The third-order valence-corrected chi connectivity index (χ3v) is 3.77. The van der Waals surface area contributed by atoms with Gasteiger partial charge in [-0.25, -0.2) is 0 Å². The number of aromatic nitrogens is 2. The van der Waals surface area contributed by atoms with Crippen LogP contribution in [0.2, 0.25) is 0 Å². The zero-order chi connectivity index (χ0) is 13.2. The van der Waals surface area contributed by atoms with Crippen LogP contribution in [0.1, 0.15) is 30.5 Å². The zero-order valence-electron chi connectivity index (χ0n) is 11.3. The van der Waals surface area contributed by atoms with E-state index in [1.165, 1.54) is 16.8 Å². The van der Waals surface area contributed by atoms with Gasteiger partial charge in [0.05, 0.1) is 6.20 Å². The minimum atomic E-state index is 0.172. The van der Waals surface area contributed by atoms with Crippen molar-refractivity contribution in [3.8, 4) is 0 Å². The van der Waals surface area contributed by atoms with Gasteiger partial charge in [-0.15, -0.1) is 0 Å². The lowest BCUT2D eigenvalue weighted by Gasteiger charge is -2.34. The highest BCUT2D eigenvalue weighted by Crippen LogP contribution is 2.32. The Bertz CT molecular complexity index is 561. The molecule has 1 aliphatic rings. The fourth-order valence-electron chi connectivity index (χ4n) is 2.71. The molecule has 0 bridgehead atoms. The van der Waals surface area contributed by atoms with Gasteiger partial charge in [0.2, 0.25) is 0 Å². The van der Waals surface area contributed by atoms with Gasteiger partial charge in [0, 0.05) is 43.1 Å². The number of para-hydroxylation sites is 1. The third-order valence-electron chi connectivity index (χ3n) is 3.77. The number of hydrogen-bond acceptors (Lipinski definition) is 3. The van der Waals surface area contributed by atoms with Crippen molar-refractivity contribution in [1.29, 1.82) is 0 Å². The van der Waals surface area contributed by atoms with E-state index in [1.54, 1.807) is 0 Å². The van der Waals surface area contributed by atoms with Gasteiger partial charge in [-0.3, -0.25) is 4.68 Å². The van der Waals surface area contributed by atoms with Crippen molar-refractivity contribution in [2.45, 2.75) is 32.5 Å². The van der Waals surface area contributed by atoms with E-state index in [-0.39, 0.29) is 6.04 Å². The summed E-state index contributed by atoms with van der Waals surface area (Å²) < 4.78 is 1.97. The Morgan fingerprint density at radius 3 is 3.00 bits per heavy atom. The maximum Gasteiger partial charge on any atom is 0.0539 e. The summed E-state index contributed by atoms with van der Waals surface area (Å²) in [7, 11) is 0. The highest BCUT2D eigenvalue weighted by atomic mass is 15.3. The second-order valence-corrected chi connectivity index (χ2v) is 5.08. The average molecular weight is 256 g/mol. The number of fused-ring (bicyclic) bond motifs is 1. The number of nitrogens with zero attached hydrogens (tertiary/aromatic N) is 3. The number of nitrogens with two attached hydrogens (primary N) is 1. The van der Waals surface area contributed by atoms with Gasteiger partial charge < -0.3 is 10.6 Å². The van der Waals surface area contributed by atoms with Crippen LogP contribution in [0.5, 0.6) is 0 Å². The molecule has 100 valence electrons. The van der Waals surface area contributed by atoms with E-state index in [1.807, 2.05) is 10.9 Å². The number of aryl methyl sites for hydroxylation is 1. The van der Waals surface area contributed by atoms with Crippen LogP contribution in [0.15, 0.2) is 36.7 Å². The molecule has 19 heavy (non-hydrogen) atoms. The number of benzene rings is 1. The van der Waals surface area contributed by atoms with Crippen LogP contribution in [0.25, 0.3) is 0 Å². The molecule has 0 radical (unpaired) electrons. The molecule has 0 amide bonds. The van der Waals surface area contributed by atoms with Gasteiger partial charge in [0.15, 0.2) is 0 Å². The molecule has 1 aromatic heterocycles. The van der Waals surface area contributed by atoms with Crippen molar-refractivity contribution >= 4 is 5.69 Å². The van der Waals surface area contributed by atoms with Gasteiger partial charge in [-0.2, -0.15) is 5.10 Å². The number of anilines is 1. The monoisotopic (exact) mass is 256 g/mol. The molecule has 2 N–H and O–H groups in total. The lowest BCUT2D eigenvalue weighted by molar-refractivity contribution is 0.590. The van der Waals surface area contributed by atoms with Crippen molar-refractivity contribution < 1.29 is 0 Å². The summed E-state index contributed by atoms with van der Waals surface area (Å²) in [6, 6.07) is 8.63. The molecular formula is C15H20N4. The van der Waals surface area contributed by atoms with Gasteiger partial charge >= 0.3 is 0 Å². The summed E-state index contributed by atoms with van der Waals surface area (Å²) in [6.07, 6.45) is 5.09. The van der Waals surface area contributed by atoms with Crippen LogP contribution in [-0.4, -0.2) is 16.3 Å². The molecule has 1 atom stereocenters. The Labute approximate surface area is 113 Å². The fourth-order valence-corrected chi connectivity index (χ4v) is 2.71. The second-order valence-electron chi connectivity index (χ2n) is 5.08. The van der Waals surface area contributed by atoms with E-state index in [0.717, 1.165) is 26.1 Å². The second kappa shape index (κ2) is 5.05. The highest BCUT2D eigenvalue weighted by Gasteiger charge is 2.22. The summed E-state index contributed by atoms with van der Waals surface area (Å²) in [5.41, 5.74) is 9.97. The van der Waals surface area contributed by atoms with Gasteiger partial charge in [-0.1, -0.05) is 18.2 Å². The average Bonchev–Trinajstić information content (AvgIpc) is 2.90. The zero-order valence-corrected chi connectivity index (χ0v) is 11.3. The Kier molecular flexibility index (Phi) is 3.25. The van der Waals surface area contributed by atoms with E-state index in [4.69, 9.17) is 5.73 Å². The SMILES string of the molecule is CCn1cc(CN2CCC(N)c3ccccc32)cn1. The van der Waals surface area contributed by atoms with Crippen molar-refractivity contribution in [2.75, 3.05) is 11.4 Å². The van der Waals surface area contributed by atoms with Crippen LogP contribution in [0.4, 0.5) is 5.69 Å². The van der Waals surface area contributed by atoms with Gasteiger partial charge in [0.25, 0.3) is 0 Å². The predicted octanol–water partition coefficient (Wildman–Crippen LogP) is 2.31. The molecule has 0 saturated carbocycles. The topological polar surface area (TPSA) is 47.1 Å². The maximum absolute atomic E-state index is 6.18. The first kappa shape index (κ1) is 12.2. The standard InChI is InChI=1S/C15H20N4/c1-2-19-11-12(9-17-19)10-18-8-7-14(16)13-5-3-4-6-15(13)18/h3-6,9,11,14H,2,7-8,10,16H2,1H3. The smallest absolute Gasteiger partial charge is 0.0539 e. The lowest BCUT2D eigenvalue weighted by atomic mass is 9.97. The molecule has 2 heterocycles. The molecule has 3 rings (SSSR count). The van der Waals surface area contributed by atoms with Gasteiger partial charge in [0.1, 0.15) is 0 Å². The molecule has 1 aliphatic heterocycles. The number of hydrogen-bond donors (Lipinski definition) is 1. The van der Waals surface area contributed by atoms with Crippen molar-refractivity contribution in [3.05, 3.63) is 47.8 Å². The van der Waals surface area contributed by atoms with Crippen LogP contribution >= 0.6 is 0 Å². The molecule has 4 nitrogen and oxygen atoms in total.